The Balaban J connectivity index is 1.54. The Morgan fingerprint density at radius 1 is 0.792 bits per heavy atom. The van der Waals surface area contributed by atoms with Gasteiger partial charge in [0, 0.05) is 11.9 Å². The van der Waals surface area contributed by atoms with E-state index in [1.807, 2.05) is 30.3 Å². The van der Waals surface area contributed by atoms with Crippen LogP contribution in [0.1, 0.15) is 11.3 Å². The van der Waals surface area contributed by atoms with Crippen molar-refractivity contribution in [2.75, 3.05) is 0 Å². The number of pyridine rings is 1. The number of nitrogens with two attached hydrogens (primary N) is 1. The van der Waals surface area contributed by atoms with Gasteiger partial charge in [-0.1, -0.05) is 42.5 Å². The van der Waals surface area contributed by atoms with Gasteiger partial charge in [0.1, 0.15) is 12.4 Å². The Bertz CT molecular complexity index is 1010. The van der Waals surface area contributed by atoms with Gasteiger partial charge in [-0.15, -0.1) is 0 Å². The fourth-order valence-electron chi connectivity index (χ4n) is 2.84. The molecule has 0 fully saturated rings. The van der Waals surface area contributed by atoms with Crippen molar-refractivity contribution < 1.29 is 4.74 Å². The molecule has 0 amide bonds. The van der Waals surface area contributed by atoms with Crippen LogP contribution in [0, 0.1) is 0 Å². The summed E-state index contributed by atoms with van der Waals surface area (Å²) in [5.74, 6) is 0.845. The Morgan fingerprint density at radius 3 is 2.50 bits per heavy atom. The van der Waals surface area contributed by atoms with Crippen molar-refractivity contribution in [3.05, 3.63) is 84.1 Å². The van der Waals surface area contributed by atoms with Crippen LogP contribution in [-0.2, 0) is 13.2 Å². The predicted octanol–water partition coefficient (Wildman–Crippen LogP) is 4.43. The number of benzene rings is 3. The van der Waals surface area contributed by atoms with Gasteiger partial charge < -0.3 is 10.5 Å². The highest BCUT2D eigenvalue weighted by molar-refractivity contribution is 5.84. The van der Waals surface area contributed by atoms with E-state index in [9.17, 15) is 0 Å². The fraction of sp³-hybridized carbons (Fsp3) is 0.0952. The third-order valence-electron chi connectivity index (χ3n) is 4.15. The largest absolute Gasteiger partial charge is 0.487 e. The van der Waals surface area contributed by atoms with E-state index in [0.29, 0.717) is 13.2 Å². The summed E-state index contributed by atoms with van der Waals surface area (Å²) in [4.78, 5) is 4.64. The SMILES string of the molecule is NCc1ccc2cc(OCc3ccc4ccccc4n3)ccc2c1. The molecular formula is C21H18N2O. The van der Waals surface area contributed by atoms with E-state index in [2.05, 4.69) is 47.4 Å². The second kappa shape index (κ2) is 6.30. The lowest BCUT2D eigenvalue weighted by molar-refractivity contribution is 0.302. The number of aromatic nitrogens is 1. The van der Waals surface area contributed by atoms with E-state index in [-0.39, 0.29) is 0 Å². The molecule has 4 aromatic rings. The fourth-order valence-corrected chi connectivity index (χ4v) is 2.84. The van der Waals surface area contributed by atoms with Crippen LogP contribution in [0.2, 0.25) is 0 Å². The Kier molecular flexibility index (Phi) is 3.85. The summed E-state index contributed by atoms with van der Waals surface area (Å²) in [6.07, 6.45) is 0. The topological polar surface area (TPSA) is 48.1 Å². The summed E-state index contributed by atoms with van der Waals surface area (Å²) in [5, 5.41) is 3.47. The summed E-state index contributed by atoms with van der Waals surface area (Å²) in [7, 11) is 0. The van der Waals surface area contributed by atoms with Gasteiger partial charge in [-0.2, -0.15) is 0 Å². The first-order valence-corrected chi connectivity index (χ1v) is 8.02. The van der Waals surface area contributed by atoms with E-state index in [4.69, 9.17) is 10.5 Å². The van der Waals surface area contributed by atoms with Gasteiger partial charge in [-0.3, -0.25) is 0 Å². The zero-order chi connectivity index (χ0) is 16.4. The second-order valence-corrected chi connectivity index (χ2v) is 5.83. The maximum atomic E-state index is 5.92. The van der Waals surface area contributed by atoms with Crippen molar-refractivity contribution in [1.29, 1.82) is 0 Å². The average molecular weight is 314 g/mol. The number of hydrogen-bond donors (Lipinski definition) is 1. The van der Waals surface area contributed by atoms with Crippen molar-refractivity contribution >= 4 is 21.7 Å². The third kappa shape index (κ3) is 2.94. The number of hydrogen-bond acceptors (Lipinski definition) is 3. The van der Waals surface area contributed by atoms with E-state index >= 15 is 0 Å². The molecule has 0 radical (unpaired) electrons. The van der Waals surface area contributed by atoms with Crippen LogP contribution in [0.25, 0.3) is 21.7 Å². The molecule has 0 atom stereocenters. The zero-order valence-corrected chi connectivity index (χ0v) is 13.3. The maximum absolute atomic E-state index is 5.92. The lowest BCUT2D eigenvalue weighted by Gasteiger charge is -2.08. The molecular weight excluding hydrogens is 296 g/mol. The molecule has 0 saturated carbocycles. The van der Waals surface area contributed by atoms with E-state index in [1.165, 1.54) is 5.39 Å². The Morgan fingerprint density at radius 2 is 1.58 bits per heavy atom. The molecule has 1 heterocycles. The highest BCUT2D eigenvalue weighted by Crippen LogP contribution is 2.23. The van der Waals surface area contributed by atoms with Crippen molar-refractivity contribution in [3.8, 4) is 5.75 Å². The molecule has 0 bridgehead atoms. The maximum Gasteiger partial charge on any atom is 0.130 e. The molecule has 24 heavy (non-hydrogen) atoms. The van der Waals surface area contributed by atoms with Crippen molar-refractivity contribution in [3.63, 3.8) is 0 Å². The molecule has 0 aliphatic heterocycles. The lowest BCUT2D eigenvalue weighted by Crippen LogP contribution is -1.98. The summed E-state index contributed by atoms with van der Waals surface area (Å²) < 4.78 is 5.92. The molecule has 0 saturated heterocycles. The minimum absolute atomic E-state index is 0.456. The molecule has 3 heteroatoms. The number of fused-ring (bicyclic) bond motifs is 2. The summed E-state index contributed by atoms with van der Waals surface area (Å²) in [6.45, 7) is 1.01. The van der Waals surface area contributed by atoms with Gasteiger partial charge >= 0.3 is 0 Å². The zero-order valence-electron chi connectivity index (χ0n) is 13.3. The van der Waals surface area contributed by atoms with Crippen molar-refractivity contribution in [2.45, 2.75) is 13.2 Å². The van der Waals surface area contributed by atoms with Gasteiger partial charge in [0.25, 0.3) is 0 Å². The molecule has 0 aliphatic carbocycles. The van der Waals surface area contributed by atoms with Crippen LogP contribution < -0.4 is 10.5 Å². The first-order chi connectivity index (χ1) is 11.8. The van der Waals surface area contributed by atoms with E-state index in [0.717, 1.165) is 33.3 Å². The molecule has 3 nitrogen and oxygen atoms in total. The number of nitrogens with zero attached hydrogens (tertiary/aromatic N) is 1. The monoisotopic (exact) mass is 314 g/mol. The van der Waals surface area contributed by atoms with Crippen LogP contribution >= 0.6 is 0 Å². The van der Waals surface area contributed by atoms with Gasteiger partial charge in [0.05, 0.1) is 11.2 Å². The quantitative estimate of drug-likeness (QED) is 0.606. The molecule has 0 spiro atoms. The molecule has 118 valence electrons. The van der Waals surface area contributed by atoms with E-state index in [1.54, 1.807) is 0 Å². The lowest BCUT2D eigenvalue weighted by atomic mass is 10.1. The molecule has 0 aliphatic rings. The molecule has 3 aromatic carbocycles. The van der Waals surface area contributed by atoms with Gasteiger partial charge in [0.15, 0.2) is 0 Å². The summed E-state index contributed by atoms with van der Waals surface area (Å²) in [6, 6.07) is 24.5. The van der Waals surface area contributed by atoms with Gasteiger partial charge in [-0.25, -0.2) is 4.98 Å². The normalized spacial score (nSPS) is 11.0. The van der Waals surface area contributed by atoms with Crippen molar-refractivity contribution in [1.82, 2.24) is 4.98 Å². The average Bonchev–Trinajstić information content (AvgIpc) is 2.65. The molecule has 0 unspecified atom stereocenters. The first-order valence-electron chi connectivity index (χ1n) is 8.02. The number of rotatable bonds is 4. The van der Waals surface area contributed by atoms with Crippen LogP contribution in [-0.4, -0.2) is 4.98 Å². The number of para-hydroxylation sites is 1. The molecule has 2 N–H and O–H groups in total. The minimum Gasteiger partial charge on any atom is -0.487 e. The third-order valence-corrected chi connectivity index (χ3v) is 4.15. The van der Waals surface area contributed by atoms with Crippen LogP contribution in [0.3, 0.4) is 0 Å². The summed E-state index contributed by atoms with van der Waals surface area (Å²) >= 11 is 0. The van der Waals surface area contributed by atoms with Crippen molar-refractivity contribution in [2.24, 2.45) is 5.73 Å². The standard InChI is InChI=1S/C21H18N2O/c22-13-15-5-6-18-12-20(10-8-17(18)11-15)24-14-19-9-7-16-3-1-2-4-21(16)23-19/h1-12H,13-14,22H2. The van der Waals surface area contributed by atoms with Crippen LogP contribution in [0.4, 0.5) is 0 Å². The molecule has 1 aromatic heterocycles. The van der Waals surface area contributed by atoms with Crippen LogP contribution in [0.5, 0.6) is 5.75 Å². The number of ether oxygens (including phenoxy) is 1. The smallest absolute Gasteiger partial charge is 0.130 e. The minimum atomic E-state index is 0.456. The highest BCUT2D eigenvalue weighted by Gasteiger charge is 2.02. The van der Waals surface area contributed by atoms with Gasteiger partial charge in [0.2, 0.25) is 0 Å². The predicted molar refractivity (Wildman–Crippen MR) is 97.9 cm³/mol. The highest BCUT2D eigenvalue weighted by atomic mass is 16.5. The summed E-state index contributed by atoms with van der Waals surface area (Å²) in [5.41, 5.74) is 8.74. The van der Waals surface area contributed by atoms with Gasteiger partial charge in [-0.05, 0) is 46.7 Å². The Hall–Kier alpha value is -2.91. The van der Waals surface area contributed by atoms with Crippen LogP contribution in [0.15, 0.2) is 72.8 Å². The molecule has 4 rings (SSSR count). The second-order valence-electron chi connectivity index (χ2n) is 5.83. The first kappa shape index (κ1) is 14.7. The Labute approximate surface area is 140 Å². The van der Waals surface area contributed by atoms with E-state index < -0.39 is 0 Å².